The Kier molecular flexibility index (Phi) is 5.01. The van der Waals surface area contributed by atoms with E-state index in [2.05, 4.69) is 10.2 Å². The van der Waals surface area contributed by atoms with Gasteiger partial charge in [0.25, 0.3) is 0 Å². The number of hydrogen-bond donors (Lipinski definition) is 1. The molecule has 5 heteroatoms. The summed E-state index contributed by atoms with van der Waals surface area (Å²) in [7, 11) is 1.87. The predicted molar refractivity (Wildman–Crippen MR) is 85.4 cm³/mol. The van der Waals surface area contributed by atoms with E-state index >= 15 is 0 Å². The largest absolute Gasteiger partial charge is 0.352 e. The summed E-state index contributed by atoms with van der Waals surface area (Å²) in [5.74, 6) is 0.972. The summed E-state index contributed by atoms with van der Waals surface area (Å²) < 4.78 is 0. The Bertz CT molecular complexity index is 420. The Morgan fingerprint density at radius 3 is 2.55 bits per heavy atom. The summed E-state index contributed by atoms with van der Waals surface area (Å²) in [5, 5.41) is 2.98. The first-order valence-electron chi connectivity index (χ1n) is 8.91. The lowest BCUT2D eigenvalue weighted by molar-refractivity contribution is -0.138. The van der Waals surface area contributed by atoms with Crippen LogP contribution in [0.1, 0.15) is 51.4 Å². The van der Waals surface area contributed by atoms with E-state index in [0.29, 0.717) is 25.2 Å². The van der Waals surface area contributed by atoms with Crippen molar-refractivity contribution < 1.29 is 9.59 Å². The van der Waals surface area contributed by atoms with Crippen molar-refractivity contribution in [2.24, 2.45) is 5.92 Å². The van der Waals surface area contributed by atoms with E-state index in [1.807, 2.05) is 11.9 Å². The van der Waals surface area contributed by atoms with E-state index < -0.39 is 0 Å². The highest BCUT2D eigenvalue weighted by Crippen LogP contribution is 2.35. The highest BCUT2D eigenvalue weighted by atomic mass is 16.2. The van der Waals surface area contributed by atoms with Crippen molar-refractivity contribution in [3.05, 3.63) is 0 Å². The monoisotopic (exact) mass is 307 g/mol. The van der Waals surface area contributed by atoms with Gasteiger partial charge in [0.05, 0.1) is 13.1 Å². The van der Waals surface area contributed by atoms with Crippen LogP contribution in [0, 0.1) is 5.92 Å². The number of likely N-dealkylation sites (tertiary alicyclic amines) is 1. The minimum Gasteiger partial charge on any atom is -0.352 e. The Morgan fingerprint density at radius 1 is 1.05 bits per heavy atom. The molecule has 0 aromatic rings. The van der Waals surface area contributed by atoms with Gasteiger partial charge in [-0.25, -0.2) is 0 Å². The van der Waals surface area contributed by atoms with Gasteiger partial charge in [0.2, 0.25) is 11.8 Å². The lowest BCUT2D eigenvalue weighted by Gasteiger charge is -2.44. The van der Waals surface area contributed by atoms with Crippen molar-refractivity contribution >= 4 is 11.8 Å². The molecule has 2 aliphatic carbocycles. The third kappa shape index (κ3) is 4.00. The fourth-order valence-corrected chi connectivity index (χ4v) is 4.06. The number of piperidine rings is 1. The van der Waals surface area contributed by atoms with Crippen LogP contribution in [0.3, 0.4) is 0 Å². The quantitative estimate of drug-likeness (QED) is 0.835. The first kappa shape index (κ1) is 15.8. The first-order chi connectivity index (χ1) is 10.6. The smallest absolute Gasteiger partial charge is 0.237 e. The molecule has 0 bridgehead atoms. The lowest BCUT2D eigenvalue weighted by Crippen LogP contribution is -2.52. The van der Waals surface area contributed by atoms with Crippen molar-refractivity contribution in [1.29, 1.82) is 0 Å². The number of nitrogens with one attached hydrogen (secondary N) is 1. The van der Waals surface area contributed by atoms with Crippen LogP contribution in [0.15, 0.2) is 0 Å². The highest BCUT2D eigenvalue weighted by Gasteiger charge is 2.35. The zero-order valence-corrected chi connectivity index (χ0v) is 13.7. The van der Waals surface area contributed by atoms with Crippen LogP contribution < -0.4 is 5.32 Å². The summed E-state index contributed by atoms with van der Waals surface area (Å²) in [6.07, 6.45) is 9.66. The van der Waals surface area contributed by atoms with E-state index in [-0.39, 0.29) is 11.8 Å². The maximum Gasteiger partial charge on any atom is 0.237 e. The maximum atomic E-state index is 12.6. The summed E-state index contributed by atoms with van der Waals surface area (Å²) >= 11 is 0. The average molecular weight is 307 g/mol. The van der Waals surface area contributed by atoms with E-state index in [9.17, 15) is 9.59 Å². The molecule has 2 amide bonds. The molecule has 0 unspecified atom stereocenters. The van der Waals surface area contributed by atoms with E-state index in [4.69, 9.17) is 0 Å². The molecule has 3 aliphatic rings. The number of hydrogen-bond acceptors (Lipinski definition) is 3. The number of amides is 2. The van der Waals surface area contributed by atoms with Crippen LogP contribution in [0.2, 0.25) is 0 Å². The van der Waals surface area contributed by atoms with Crippen LogP contribution in [0.25, 0.3) is 0 Å². The van der Waals surface area contributed by atoms with Crippen LogP contribution in [-0.4, -0.2) is 60.4 Å². The normalized spacial score (nSPS) is 28.4. The molecule has 3 fully saturated rings. The number of likely N-dealkylation sites (N-methyl/N-ethyl adjacent to an activating group) is 1. The fourth-order valence-electron chi connectivity index (χ4n) is 4.06. The first-order valence-corrected chi connectivity index (χ1v) is 8.91. The molecule has 1 N–H and O–H groups in total. The van der Waals surface area contributed by atoms with E-state index in [1.54, 1.807) is 0 Å². The minimum absolute atomic E-state index is 0.0481. The molecular formula is C17H29N3O2. The Morgan fingerprint density at radius 2 is 1.77 bits per heavy atom. The van der Waals surface area contributed by atoms with Gasteiger partial charge in [-0.1, -0.05) is 12.8 Å². The van der Waals surface area contributed by atoms with Gasteiger partial charge in [-0.15, -0.1) is 0 Å². The zero-order chi connectivity index (χ0) is 15.5. The standard InChI is InChI=1S/C17H29N3O2/c1-19(11-16(21)18-14-8-9-14)12-17(22)20-10-4-6-13-5-2-3-7-15(13)20/h13-15H,2-12H2,1H3,(H,18,21)/t13-,15-/m0/s1. The molecule has 3 rings (SSSR count). The van der Waals surface area contributed by atoms with Gasteiger partial charge >= 0.3 is 0 Å². The molecular weight excluding hydrogens is 278 g/mol. The van der Waals surface area contributed by atoms with Gasteiger partial charge in [-0.05, 0) is 51.5 Å². The molecule has 22 heavy (non-hydrogen) atoms. The second-order valence-corrected chi connectivity index (χ2v) is 7.36. The van der Waals surface area contributed by atoms with Crippen molar-refractivity contribution in [2.75, 3.05) is 26.7 Å². The molecule has 0 spiro atoms. The van der Waals surface area contributed by atoms with Gasteiger partial charge in [0.15, 0.2) is 0 Å². The summed E-state index contributed by atoms with van der Waals surface area (Å²) in [4.78, 5) is 28.4. The maximum absolute atomic E-state index is 12.6. The number of fused-ring (bicyclic) bond motifs is 1. The van der Waals surface area contributed by atoms with Crippen LogP contribution in [0.4, 0.5) is 0 Å². The Balaban J connectivity index is 1.48. The van der Waals surface area contributed by atoms with Crippen molar-refractivity contribution in [3.63, 3.8) is 0 Å². The van der Waals surface area contributed by atoms with Crippen LogP contribution >= 0.6 is 0 Å². The van der Waals surface area contributed by atoms with Crippen molar-refractivity contribution in [2.45, 2.75) is 63.5 Å². The highest BCUT2D eigenvalue weighted by molar-refractivity contribution is 5.81. The van der Waals surface area contributed by atoms with Crippen molar-refractivity contribution in [1.82, 2.24) is 15.1 Å². The number of rotatable bonds is 5. The molecule has 5 nitrogen and oxygen atoms in total. The number of carbonyl (C=O) groups excluding carboxylic acids is 2. The van der Waals surface area contributed by atoms with Gasteiger partial charge in [0.1, 0.15) is 0 Å². The predicted octanol–water partition coefficient (Wildman–Crippen LogP) is 1.38. The molecule has 2 saturated carbocycles. The van der Waals surface area contributed by atoms with Crippen molar-refractivity contribution in [3.8, 4) is 0 Å². The second-order valence-electron chi connectivity index (χ2n) is 7.36. The third-order valence-corrected chi connectivity index (χ3v) is 5.32. The van der Waals surface area contributed by atoms with Gasteiger partial charge < -0.3 is 10.2 Å². The summed E-state index contributed by atoms with van der Waals surface area (Å²) in [6.45, 7) is 1.59. The minimum atomic E-state index is 0.0481. The van der Waals surface area contributed by atoms with Crippen LogP contribution in [0.5, 0.6) is 0 Å². The number of carbonyl (C=O) groups is 2. The topological polar surface area (TPSA) is 52.7 Å². The summed E-state index contributed by atoms with van der Waals surface area (Å²) in [5.41, 5.74) is 0. The molecule has 1 saturated heterocycles. The molecule has 1 aliphatic heterocycles. The average Bonchev–Trinajstić information content (AvgIpc) is 3.30. The molecule has 1 heterocycles. The molecule has 2 atom stereocenters. The Labute approximate surface area is 133 Å². The number of nitrogens with zero attached hydrogens (tertiary/aromatic N) is 2. The van der Waals surface area contributed by atoms with E-state index in [1.165, 1.54) is 32.1 Å². The second kappa shape index (κ2) is 6.99. The summed E-state index contributed by atoms with van der Waals surface area (Å²) in [6, 6.07) is 0.852. The molecule has 124 valence electrons. The molecule has 0 aromatic heterocycles. The zero-order valence-electron chi connectivity index (χ0n) is 13.7. The molecule has 0 aromatic carbocycles. The molecule has 0 radical (unpaired) electrons. The van der Waals surface area contributed by atoms with E-state index in [0.717, 1.165) is 31.7 Å². The van der Waals surface area contributed by atoms with Crippen LogP contribution in [-0.2, 0) is 9.59 Å². The van der Waals surface area contributed by atoms with Gasteiger partial charge in [-0.3, -0.25) is 14.5 Å². The van der Waals surface area contributed by atoms with Gasteiger partial charge in [-0.2, -0.15) is 0 Å². The fraction of sp³-hybridized carbons (Fsp3) is 0.882. The Hall–Kier alpha value is -1.10. The van der Waals surface area contributed by atoms with Gasteiger partial charge in [0, 0.05) is 18.6 Å². The SMILES string of the molecule is CN(CC(=O)NC1CC1)CC(=O)N1CCC[C@@H]2CCCC[C@@H]21. The lowest BCUT2D eigenvalue weighted by atomic mass is 9.78. The third-order valence-electron chi connectivity index (χ3n) is 5.32.